The van der Waals surface area contributed by atoms with Gasteiger partial charge in [0.15, 0.2) is 0 Å². The van der Waals surface area contributed by atoms with Crippen molar-refractivity contribution in [3.05, 3.63) is 0 Å². The molecule has 0 radical (unpaired) electrons. The van der Waals surface area contributed by atoms with Gasteiger partial charge in [0.05, 0.1) is 13.2 Å². The van der Waals surface area contributed by atoms with Crippen LogP contribution in [0.15, 0.2) is 0 Å². The van der Waals surface area contributed by atoms with Crippen LogP contribution in [0.3, 0.4) is 0 Å². The zero-order chi connectivity index (χ0) is 12.8. The Hall–Kier alpha value is -1.10. The smallest absolute Gasteiger partial charge is 0.337 e. The average Bonchev–Trinajstić information content (AvgIpc) is 2.17. The molecule has 0 fully saturated rings. The van der Waals surface area contributed by atoms with E-state index in [1.807, 2.05) is 13.8 Å². The Morgan fingerprint density at radius 1 is 1.12 bits per heavy atom. The van der Waals surface area contributed by atoms with Crippen LogP contribution in [0.2, 0.25) is 0 Å². The molecular formula is C11H21NO4. The summed E-state index contributed by atoms with van der Waals surface area (Å²) in [5, 5.41) is 0. The fourth-order valence-electron chi connectivity index (χ4n) is 1.41. The Labute approximate surface area is 96.3 Å². The Bertz CT molecular complexity index is 232. The fraction of sp³-hybridized carbons (Fsp3) is 0.818. The maximum Gasteiger partial charge on any atom is 0.337 e. The lowest BCUT2D eigenvalue weighted by Gasteiger charge is -2.26. The summed E-state index contributed by atoms with van der Waals surface area (Å²) in [4.78, 5) is 23.3. The minimum Gasteiger partial charge on any atom is -0.464 e. The van der Waals surface area contributed by atoms with Crippen LogP contribution in [0.25, 0.3) is 0 Å². The maximum absolute atomic E-state index is 11.7. The predicted molar refractivity (Wildman–Crippen MR) is 59.6 cm³/mol. The lowest BCUT2D eigenvalue weighted by atomic mass is 9.90. The number of carbonyl (C=O) groups is 2. The highest BCUT2D eigenvalue weighted by Crippen LogP contribution is 2.18. The Morgan fingerprint density at radius 3 is 1.75 bits per heavy atom. The molecule has 0 spiro atoms. The van der Waals surface area contributed by atoms with Crippen molar-refractivity contribution in [2.24, 2.45) is 11.7 Å². The van der Waals surface area contributed by atoms with Gasteiger partial charge in [-0.25, -0.2) is 9.59 Å². The van der Waals surface area contributed by atoms with Crippen molar-refractivity contribution in [3.63, 3.8) is 0 Å². The number of hydrogen-bond acceptors (Lipinski definition) is 5. The number of rotatable bonds is 6. The molecule has 16 heavy (non-hydrogen) atoms. The Morgan fingerprint density at radius 2 is 1.50 bits per heavy atom. The molecule has 0 bridgehead atoms. The molecule has 0 amide bonds. The van der Waals surface area contributed by atoms with Gasteiger partial charge >= 0.3 is 11.9 Å². The van der Waals surface area contributed by atoms with Crippen LogP contribution in [0.5, 0.6) is 0 Å². The van der Waals surface area contributed by atoms with Crippen molar-refractivity contribution in [2.75, 3.05) is 13.2 Å². The first-order chi connectivity index (χ1) is 7.38. The first kappa shape index (κ1) is 14.9. The molecule has 0 atom stereocenters. The highest BCUT2D eigenvalue weighted by molar-refractivity contribution is 6.04. The van der Waals surface area contributed by atoms with Gasteiger partial charge in [0.25, 0.3) is 0 Å². The van der Waals surface area contributed by atoms with E-state index >= 15 is 0 Å². The molecule has 0 aliphatic rings. The van der Waals surface area contributed by atoms with Crippen molar-refractivity contribution in [3.8, 4) is 0 Å². The van der Waals surface area contributed by atoms with Gasteiger partial charge in [0.1, 0.15) is 0 Å². The van der Waals surface area contributed by atoms with Crippen LogP contribution < -0.4 is 5.73 Å². The lowest BCUT2D eigenvalue weighted by Crippen LogP contribution is -2.57. The van der Waals surface area contributed by atoms with Crippen LogP contribution in [0.1, 0.15) is 34.1 Å². The van der Waals surface area contributed by atoms with E-state index in [0.29, 0.717) is 0 Å². The maximum atomic E-state index is 11.7. The summed E-state index contributed by atoms with van der Waals surface area (Å²) >= 11 is 0. The Kier molecular flexibility index (Phi) is 6.03. The molecule has 94 valence electrons. The highest BCUT2D eigenvalue weighted by Gasteiger charge is 2.45. The van der Waals surface area contributed by atoms with Crippen molar-refractivity contribution in [1.82, 2.24) is 0 Å². The molecule has 0 unspecified atom stereocenters. The molecule has 0 aliphatic heterocycles. The summed E-state index contributed by atoms with van der Waals surface area (Å²) in [5.41, 5.74) is 4.13. The van der Waals surface area contributed by atoms with Gasteiger partial charge < -0.3 is 15.2 Å². The largest absolute Gasteiger partial charge is 0.464 e. The van der Waals surface area contributed by atoms with E-state index in [1.165, 1.54) is 0 Å². The molecule has 0 rings (SSSR count). The number of nitrogens with two attached hydrogens (primary N) is 1. The second-order valence-corrected chi connectivity index (χ2v) is 4.01. The molecule has 0 saturated carbocycles. The molecule has 0 saturated heterocycles. The summed E-state index contributed by atoms with van der Waals surface area (Å²) in [5.74, 6) is -1.34. The van der Waals surface area contributed by atoms with Crippen molar-refractivity contribution < 1.29 is 19.1 Å². The summed E-state index contributed by atoms with van der Waals surface area (Å²) in [7, 11) is 0. The van der Waals surface area contributed by atoms with Gasteiger partial charge in [-0.2, -0.15) is 0 Å². The lowest BCUT2D eigenvalue weighted by molar-refractivity contribution is -0.164. The summed E-state index contributed by atoms with van der Waals surface area (Å²) in [6, 6.07) is 0. The monoisotopic (exact) mass is 231 g/mol. The number of ether oxygens (including phenoxy) is 2. The molecule has 0 aromatic carbocycles. The standard InChI is InChI=1S/C11H21NO4/c1-5-15-9(13)11(12,7-8(3)4)10(14)16-6-2/h8H,5-7,12H2,1-4H3. The molecule has 0 aromatic heterocycles. The molecule has 5 nitrogen and oxygen atoms in total. The van der Waals surface area contributed by atoms with E-state index in [1.54, 1.807) is 13.8 Å². The summed E-state index contributed by atoms with van der Waals surface area (Å²) in [6.07, 6.45) is 0.213. The van der Waals surface area contributed by atoms with Gasteiger partial charge in [-0.3, -0.25) is 0 Å². The number of carbonyl (C=O) groups excluding carboxylic acids is 2. The molecule has 2 N–H and O–H groups in total. The molecule has 0 aliphatic carbocycles. The third kappa shape index (κ3) is 3.81. The second-order valence-electron chi connectivity index (χ2n) is 4.01. The van der Waals surface area contributed by atoms with E-state index in [0.717, 1.165) is 0 Å². The molecule has 5 heteroatoms. The van der Waals surface area contributed by atoms with Gasteiger partial charge in [-0.15, -0.1) is 0 Å². The SMILES string of the molecule is CCOC(=O)C(N)(CC(C)C)C(=O)OCC. The average molecular weight is 231 g/mol. The van der Waals surface area contributed by atoms with Gasteiger partial charge in [-0.1, -0.05) is 13.8 Å². The van der Waals surface area contributed by atoms with Crippen LogP contribution >= 0.6 is 0 Å². The number of esters is 2. The van der Waals surface area contributed by atoms with E-state index in [4.69, 9.17) is 15.2 Å². The van der Waals surface area contributed by atoms with E-state index in [9.17, 15) is 9.59 Å². The van der Waals surface area contributed by atoms with Crippen LogP contribution in [-0.4, -0.2) is 30.7 Å². The van der Waals surface area contributed by atoms with Gasteiger partial charge in [-0.05, 0) is 26.2 Å². The van der Waals surface area contributed by atoms with E-state index in [2.05, 4.69) is 0 Å². The zero-order valence-corrected chi connectivity index (χ0v) is 10.4. The normalized spacial score (nSPS) is 11.4. The quantitative estimate of drug-likeness (QED) is 0.541. The number of hydrogen-bond donors (Lipinski definition) is 1. The predicted octanol–water partition coefficient (Wildman–Crippen LogP) is 0.856. The summed E-state index contributed by atoms with van der Waals surface area (Å²) < 4.78 is 9.62. The highest BCUT2D eigenvalue weighted by atomic mass is 16.6. The van der Waals surface area contributed by atoms with Crippen molar-refractivity contribution >= 4 is 11.9 Å². The van der Waals surface area contributed by atoms with Crippen LogP contribution in [-0.2, 0) is 19.1 Å². The van der Waals surface area contributed by atoms with Crippen LogP contribution in [0, 0.1) is 5.92 Å². The first-order valence-electron chi connectivity index (χ1n) is 5.51. The second kappa shape index (κ2) is 6.48. The minimum atomic E-state index is -1.68. The van der Waals surface area contributed by atoms with Gasteiger partial charge in [0, 0.05) is 0 Å². The fourth-order valence-corrected chi connectivity index (χ4v) is 1.41. The first-order valence-corrected chi connectivity index (χ1v) is 5.51. The third-order valence-corrected chi connectivity index (χ3v) is 2.01. The zero-order valence-electron chi connectivity index (χ0n) is 10.4. The summed E-state index contributed by atoms with van der Waals surface area (Å²) in [6.45, 7) is 7.46. The third-order valence-electron chi connectivity index (χ3n) is 2.01. The Balaban J connectivity index is 4.86. The van der Waals surface area contributed by atoms with E-state index in [-0.39, 0.29) is 25.6 Å². The molecular weight excluding hydrogens is 210 g/mol. The van der Waals surface area contributed by atoms with Crippen molar-refractivity contribution in [2.45, 2.75) is 39.7 Å². The van der Waals surface area contributed by atoms with Gasteiger partial charge in [0.2, 0.25) is 5.54 Å². The van der Waals surface area contributed by atoms with E-state index < -0.39 is 17.5 Å². The topological polar surface area (TPSA) is 78.6 Å². The van der Waals surface area contributed by atoms with Crippen molar-refractivity contribution in [1.29, 1.82) is 0 Å². The molecule has 0 heterocycles. The van der Waals surface area contributed by atoms with Crippen LogP contribution in [0.4, 0.5) is 0 Å². The minimum absolute atomic E-state index is 0.0961. The molecule has 0 aromatic rings.